The van der Waals surface area contributed by atoms with Gasteiger partial charge in [-0.2, -0.15) is 15.3 Å². The van der Waals surface area contributed by atoms with Gasteiger partial charge in [0.2, 0.25) is 0 Å². The second kappa shape index (κ2) is 29.4. The number of carbonyl (C=O) groups is 6. The largest absolute Gasteiger partial charge is 0.466 e. The van der Waals surface area contributed by atoms with Crippen molar-refractivity contribution < 1.29 is 43.0 Å². The number of fused-ring (bicyclic) bond motifs is 3. The average molecular weight is 1370 g/mol. The van der Waals surface area contributed by atoms with Crippen molar-refractivity contribution >= 4 is 35.6 Å². The number of hydrogen-bond donors (Lipinski definition) is 3. The van der Waals surface area contributed by atoms with Crippen LogP contribution in [0.15, 0.2) is 30.3 Å². The SMILES string of the molecule is CCOC(=O)[C@@H]1CCc2c(c(C(=O)NC3C4CC5CC(C4)CC3C5)nn2C2CCCCC2)C1.CCOC(=O)[C@H]1CCc2c(c(C(=O)NC3C4CC5CC(C4)CC3C5)nn2C2CCCCC2)C1.CCOC(=O)[C@H]1CCc2c(c(C(=O)NC3C4CC5CC(C4)CC3C5)nn2Cc2ccccc2)C1. The van der Waals surface area contributed by atoms with Crippen molar-refractivity contribution in [2.75, 3.05) is 19.8 Å². The maximum absolute atomic E-state index is 13.7. The Bertz CT molecular complexity index is 3420. The number of ether oxygens (including phenoxy) is 3. The highest BCUT2D eigenvalue weighted by Gasteiger charge is 2.53. The van der Waals surface area contributed by atoms with Gasteiger partial charge in [0.15, 0.2) is 17.1 Å². The molecule has 14 saturated carbocycles. The van der Waals surface area contributed by atoms with Crippen LogP contribution in [0.25, 0.3) is 0 Å². The van der Waals surface area contributed by atoms with Gasteiger partial charge in [-0.3, -0.25) is 42.8 Å². The predicted octanol–water partition coefficient (Wildman–Crippen LogP) is 13.4. The number of rotatable bonds is 16. The Kier molecular flexibility index (Phi) is 20.0. The molecule has 0 unspecified atom stereocenters. The van der Waals surface area contributed by atoms with Crippen LogP contribution in [-0.2, 0) is 73.7 Å². The zero-order valence-corrected chi connectivity index (χ0v) is 60.2. The van der Waals surface area contributed by atoms with Crippen LogP contribution >= 0.6 is 0 Å². The van der Waals surface area contributed by atoms with E-state index in [1.807, 2.05) is 43.7 Å². The number of esters is 3. The molecule has 0 aliphatic heterocycles. The van der Waals surface area contributed by atoms with E-state index in [1.165, 1.54) is 146 Å². The van der Waals surface area contributed by atoms with Crippen LogP contribution in [-0.4, -0.2) is 103 Å². The minimum absolute atomic E-state index is 0.00258. The van der Waals surface area contributed by atoms with Crippen molar-refractivity contribution in [1.82, 2.24) is 45.3 Å². The predicted molar refractivity (Wildman–Crippen MR) is 378 cm³/mol. The maximum Gasteiger partial charge on any atom is 0.309 e. The van der Waals surface area contributed by atoms with Crippen molar-refractivity contribution in [2.24, 2.45) is 88.8 Å². The van der Waals surface area contributed by atoms with E-state index in [0.29, 0.717) is 122 Å². The molecule has 3 aromatic heterocycles. The highest BCUT2D eigenvalue weighted by molar-refractivity contribution is 5.96. The summed E-state index contributed by atoms with van der Waals surface area (Å²) >= 11 is 0. The van der Waals surface area contributed by atoms with Gasteiger partial charge < -0.3 is 30.2 Å². The van der Waals surface area contributed by atoms with Crippen molar-refractivity contribution in [3.63, 3.8) is 0 Å². The number of aromatic nitrogens is 6. The Morgan fingerprint density at radius 1 is 0.390 bits per heavy atom. The first-order chi connectivity index (χ1) is 48.8. The standard InChI is InChI=1S/C28H35N3O3.2C27H39N3O3/c1-2-34-28(33)20-8-9-24-23(15-20)26(30-31(24)16-17-6-4-3-5-7-17)27(32)29-25-21-11-18-10-19(13-21)14-22(25)12-18;2*1-2-33-27(32)18-8-9-23-22(15-18)25(29-30(23)21-6-4-3-5-7-21)26(31)28-24-19-11-16-10-17(13-19)14-20(24)12-16/h3-7,18-22,25H,2,8-16H2,1H3,(H,29,32);2*16-21,24H,2-15H2,1H3,(H,28,31)/t18?,19?,20-,21?,22?,25?;2*16?,17?,18-,19?,20?,24?/m010/s1. The molecule has 3 N–H and O–H groups in total. The van der Waals surface area contributed by atoms with Gasteiger partial charge >= 0.3 is 17.9 Å². The fourth-order valence-corrected chi connectivity index (χ4v) is 24.2. The van der Waals surface area contributed by atoms with E-state index in [9.17, 15) is 28.8 Å². The molecule has 3 atom stereocenters. The van der Waals surface area contributed by atoms with E-state index in [4.69, 9.17) is 29.5 Å². The molecule has 17 aliphatic carbocycles. The monoisotopic (exact) mass is 1370 g/mol. The van der Waals surface area contributed by atoms with Crippen LogP contribution in [0.3, 0.4) is 0 Å². The Morgan fingerprint density at radius 2 is 0.700 bits per heavy atom. The zero-order valence-electron chi connectivity index (χ0n) is 60.2. The molecule has 3 amide bonds. The highest BCUT2D eigenvalue weighted by Crippen LogP contribution is 2.57. The smallest absolute Gasteiger partial charge is 0.309 e. The van der Waals surface area contributed by atoms with Gasteiger partial charge in [0.05, 0.1) is 56.2 Å². The number of carbonyl (C=O) groups excluding carboxylic acids is 6. The van der Waals surface area contributed by atoms with Crippen molar-refractivity contribution in [1.29, 1.82) is 0 Å². The summed E-state index contributed by atoms with van der Waals surface area (Å²) in [5, 5.41) is 25.3. The number of nitrogens with zero attached hydrogens (tertiary/aromatic N) is 6. The second-order valence-electron chi connectivity index (χ2n) is 34.3. The molecule has 18 heteroatoms. The van der Waals surface area contributed by atoms with E-state index in [1.54, 1.807) is 0 Å². The van der Waals surface area contributed by atoms with Gasteiger partial charge in [-0.15, -0.1) is 0 Å². The molecule has 0 radical (unpaired) electrons. The fourth-order valence-electron chi connectivity index (χ4n) is 24.2. The maximum atomic E-state index is 13.7. The van der Waals surface area contributed by atoms with Gasteiger partial charge in [0.25, 0.3) is 17.7 Å². The van der Waals surface area contributed by atoms with E-state index in [-0.39, 0.29) is 59.4 Å². The first-order valence-corrected chi connectivity index (χ1v) is 40.5. The minimum atomic E-state index is -0.199. The Morgan fingerprint density at radius 3 is 1.03 bits per heavy atom. The molecule has 100 heavy (non-hydrogen) atoms. The van der Waals surface area contributed by atoms with E-state index < -0.39 is 0 Å². The number of nitrogens with one attached hydrogen (secondary N) is 3. The molecule has 540 valence electrons. The Labute approximate surface area is 592 Å². The minimum Gasteiger partial charge on any atom is -0.466 e. The number of benzene rings is 1. The third kappa shape index (κ3) is 13.8. The fraction of sp³-hybridized carbons (Fsp3) is 0.744. The number of amides is 3. The first-order valence-electron chi connectivity index (χ1n) is 40.5. The van der Waals surface area contributed by atoms with Gasteiger partial charge in [0.1, 0.15) is 0 Å². The van der Waals surface area contributed by atoms with Crippen LogP contribution in [0, 0.1) is 88.8 Å². The summed E-state index contributed by atoms with van der Waals surface area (Å²) in [6, 6.07) is 11.9. The van der Waals surface area contributed by atoms with Crippen LogP contribution in [0.5, 0.6) is 0 Å². The molecule has 18 nitrogen and oxygen atoms in total. The van der Waals surface area contributed by atoms with E-state index in [0.717, 1.165) is 128 Å². The number of hydrogen-bond acceptors (Lipinski definition) is 12. The van der Waals surface area contributed by atoms with E-state index >= 15 is 0 Å². The lowest BCUT2D eigenvalue weighted by Gasteiger charge is -2.54. The molecule has 12 bridgehead atoms. The molecule has 0 saturated heterocycles. The second-order valence-corrected chi connectivity index (χ2v) is 34.3. The Hall–Kier alpha value is -6.33. The molecule has 4 aromatic rings. The van der Waals surface area contributed by atoms with E-state index in [2.05, 4.69) is 37.4 Å². The third-order valence-electron chi connectivity index (χ3n) is 28.0. The lowest BCUT2D eigenvalue weighted by atomic mass is 9.54. The van der Waals surface area contributed by atoms with Crippen molar-refractivity contribution in [3.8, 4) is 0 Å². The summed E-state index contributed by atoms with van der Waals surface area (Å²) in [6.07, 6.45) is 38.1. The third-order valence-corrected chi connectivity index (χ3v) is 28.0. The van der Waals surface area contributed by atoms with Crippen LogP contribution in [0.4, 0.5) is 0 Å². The molecule has 0 spiro atoms. The van der Waals surface area contributed by atoms with Gasteiger partial charge in [-0.05, 0) is 277 Å². The topological polar surface area (TPSA) is 220 Å². The normalized spacial score (nSPS) is 33.9. The summed E-state index contributed by atoms with van der Waals surface area (Å²) in [6.45, 7) is 7.39. The lowest BCUT2D eigenvalue weighted by molar-refractivity contribution is -0.149. The zero-order chi connectivity index (χ0) is 68.3. The molecule has 3 heterocycles. The van der Waals surface area contributed by atoms with Gasteiger partial charge in [0, 0.05) is 51.9 Å². The highest BCUT2D eigenvalue weighted by atomic mass is 16.5. The molecular formula is C82H113N9O9. The summed E-state index contributed by atoms with van der Waals surface area (Å²) < 4.78 is 22.4. The van der Waals surface area contributed by atoms with Crippen molar-refractivity contribution in [3.05, 3.63) is 86.7 Å². The summed E-state index contributed by atoms with van der Waals surface area (Å²) in [5.74, 6) is 8.18. The molecule has 21 rings (SSSR count). The summed E-state index contributed by atoms with van der Waals surface area (Å²) in [5.41, 5.74) is 9.37. The van der Waals surface area contributed by atoms with Crippen molar-refractivity contribution in [2.45, 2.75) is 276 Å². The summed E-state index contributed by atoms with van der Waals surface area (Å²) in [4.78, 5) is 78.7. The molecule has 1 aromatic carbocycles. The summed E-state index contributed by atoms with van der Waals surface area (Å²) in [7, 11) is 0. The lowest BCUT2D eigenvalue weighted by Crippen LogP contribution is -2.56. The molecule has 14 fully saturated rings. The van der Waals surface area contributed by atoms with Crippen LogP contribution < -0.4 is 16.0 Å². The molecular weight excluding hydrogens is 1250 g/mol. The molecule has 17 aliphatic rings. The average Bonchev–Trinajstić information content (AvgIpc) is 1.20. The van der Waals surface area contributed by atoms with Gasteiger partial charge in [-0.1, -0.05) is 68.9 Å². The van der Waals surface area contributed by atoms with Gasteiger partial charge in [-0.25, -0.2) is 0 Å². The quantitative estimate of drug-likeness (QED) is 0.0705. The van der Waals surface area contributed by atoms with Crippen LogP contribution in [0.1, 0.15) is 283 Å². The Balaban J connectivity index is 0.000000117. The van der Waals surface area contributed by atoms with Crippen LogP contribution in [0.2, 0.25) is 0 Å². The first kappa shape index (κ1) is 68.1.